The maximum atomic E-state index is 12.9. The van der Waals surface area contributed by atoms with Crippen LogP contribution in [0, 0.1) is 0 Å². The van der Waals surface area contributed by atoms with Crippen molar-refractivity contribution < 1.29 is 27.4 Å². The number of hydrogen-bond acceptors (Lipinski definition) is 3. The first kappa shape index (κ1) is 18.3. The number of rotatable bonds is 9. The first-order chi connectivity index (χ1) is 9.99. The minimum absolute atomic E-state index is 0.149. The highest BCUT2D eigenvalue weighted by atomic mass is 79.9. The van der Waals surface area contributed by atoms with E-state index >= 15 is 0 Å². The third-order valence-corrected chi connectivity index (χ3v) is 3.27. The first-order valence-corrected chi connectivity index (χ1v) is 7.56. The van der Waals surface area contributed by atoms with Crippen molar-refractivity contribution in [3.63, 3.8) is 0 Å². The van der Waals surface area contributed by atoms with E-state index in [-0.39, 0.29) is 12.4 Å². The molecule has 0 aliphatic heterocycles. The summed E-state index contributed by atoms with van der Waals surface area (Å²) in [5.74, 6) is -0.149. The Balaban J connectivity index is 2.51. The Hall–Kier alpha value is -0.790. The molecule has 120 valence electrons. The van der Waals surface area contributed by atoms with Crippen LogP contribution in [0.15, 0.2) is 18.2 Å². The lowest BCUT2D eigenvalue weighted by Gasteiger charge is -2.15. The maximum Gasteiger partial charge on any atom is 0.419 e. The lowest BCUT2D eigenvalue weighted by molar-refractivity contribution is -0.139. The fraction of sp³-hybridized carbons (Fsp3) is 0.571. The highest BCUT2D eigenvalue weighted by Crippen LogP contribution is 2.37. The van der Waals surface area contributed by atoms with E-state index < -0.39 is 11.7 Å². The molecule has 0 radical (unpaired) electrons. The summed E-state index contributed by atoms with van der Waals surface area (Å²) in [5, 5.41) is 0.365. The summed E-state index contributed by atoms with van der Waals surface area (Å²) in [6, 6.07) is 4.05. The fourth-order valence-electron chi connectivity index (χ4n) is 1.60. The average molecular weight is 371 g/mol. The van der Waals surface area contributed by atoms with Gasteiger partial charge in [-0.3, -0.25) is 0 Å². The van der Waals surface area contributed by atoms with Crippen molar-refractivity contribution in [3.05, 3.63) is 29.3 Å². The van der Waals surface area contributed by atoms with Crippen LogP contribution in [-0.4, -0.2) is 33.5 Å². The van der Waals surface area contributed by atoms with Crippen molar-refractivity contribution in [1.82, 2.24) is 0 Å². The molecule has 0 amide bonds. The van der Waals surface area contributed by atoms with E-state index in [9.17, 15) is 13.2 Å². The molecule has 3 nitrogen and oxygen atoms in total. The van der Waals surface area contributed by atoms with Gasteiger partial charge in [-0.1, -0.05) is 22.0 Å². The molecule has 0 saturated carbocycles. The van der Waals surface area contributed by atoms with Crippen molar-refractivity contribution in [3.8, 4) is 5.75 Å². The Morgan fingerprint density at radius 3 is 2.48 bits per heavy atom. The number of ether oxygens (including phenoxy) is 3. The molecule has 1 aromatic carbocycles. The van der Waals surface area contributed by atoms with Gasteiger partial charge in [0.25, 0.3) is 0 Å². The lowest BCUT2D eigenvalue weighted by Crippen LogP contribution is -2.11. The zero-order valence-corrected chi connectivity index (χ0v) is 13.3. The molecule has 21 heavy (non-hydrogen) atoms. The maximum absolute atomic E-state index is 12.9. The van der Waals surface area contributed by atoms with Crippen LogP contribution in [0.2, 0.25) is 0 Å². The number of alkyl halides is 4. The zero-order chi connectivity index (χ0) is 15.7. The standard InChI is InChI=1S/C14H18BrF3O3/c1-19-7-8-20-5-2-6-21-13-4-3-11(10-15)9-12(13)14(16,17)18/h3-4,9H,2,5-8,10H2,1H3. The summed E-state index contributed by atoms with van der Waals surface area (Å²) in [5.41, 5.74) is -0.197. The molecule has 0 bridgehead atoms. The summed E-state index contributed by atoms with van der Waals surface area (Å²) in [6.07, 6.45) is -3.91. The number of methoxy groups -OCH3 is 1. The number of halogens is 4. The van der Waals surface area contributed by atoms with E-state index in [1.54, 1.807) is 13.2 Å². The lowest BCUT2D eigenvalue weighted by atomic mass is 10.1. The Kier molecular flexibility index (Phi) is 8.06. The van der Waals surface area contributed by atoms with Gasteiger partial charge >= 0.3 is 6.18 Å². The van der Waals surface area contributed by atoms with E-state index in [4.69, 9.17) is 14.2 Å². The van der Waals surface area contributed by atoms with Crippen LogP contribution in [0.3, 0.4) is 0 Å². The summed E-state index contributed by atoms with van der Waals surface area (Å²) in [4.78, 5) is 0. The second-order valence-electron chi connectivity index (χ2n) is 4.27. The van der Waals surface area contributed by atoms with Gasteiger partial charge in [0.2, 0.25) is 0 Å². The highest BCUT2D eigenvalue weighted by Gasteiger charge is 2.34. The van der Waals surface area contributed by atoms with Crippen molar-refractivity contribution in [1.29, 1.82) is 0 Å². The molecule has 7 heteroatoms. The Morgan fingerprint density at radius 2 is 1.86 bits per heavy atom. The van der Waals surface area contributed by atoms with Crippen LogP contribution in [0.4, 0.5) is 13.2 Å². The van der Waals surface area contributed by atoms with Gasteiger partial charge in [-0.25, -0.2) is 0 Å². The molecular weight excluding hydrogens is 353 g/mol. The van der Waals surface area contributed by atoms with E-state index in [0.29, 0.717) is 37.1 Å². The zero-order valence-electron chi connectivity index (χ0n) is 11.7. The summed E-state index contributed by atoms with van der Waals surface area (Å²) in [7, 11) is 1.57. The molecular formula is C14H18BrF3O3. The van der Waals surface area contributed by atoms with E-state index in [0.717, 1.165) is 6.07 Å². The quantitative estimate of drug-likeness (QED) is 0.485. The van der Waals surface area contributed by atoms with Gasteiger partial charge in [0, 0.05) is 25.5 Å². The van der Waals surface area contributed by atoms with Crippen molar-refractivity contribution in [2.24, 2.45) is 0 Å². The normalized spacial score (nSPS) is 11.7. The van der Waals surface area contributed by atoms with Gasteiger partial charge < -0.3 is 14.2 Å². The van der Waals surface area contributed by atoms with Crippen LogP contribution < -0.4 is 4.74 Å². The summed E-state index contributed by atoms with van der Waals surface area (Å²) < 4.78 is 54.1. The Morgan fingerprint density at radius 1 is 1.10 bits per heavy atom. The van der Waals surface area contributed by atoms with Crippen LogP contribution in [0.1, 0.15) is 17.5 Å². The Bertz CT molecular complexity index is 424. The average Bonchev–Trinajstić information content (AvgIpc) is 2.45. The van der Waals surface area contributed by atoms with Gasteiger partial charge in [-0.15, -0.1) is 0 Å². The third-order valence-electron chi connectivity index (χ3n) is 2.63. The second kappa shape index (κ2) is 9.27. The van der Waals surface area contributed by atoms with Gasteiger partial charge in [0.1, 0.15) is 5.75 Å². The van der Waals surface area contributed by atoms with Gasteiger partial charge in [-0.05, 0) is 17.7 Å². The molecule has 0 atom stereocenters. The van der Waals surface area contributed by atoms with E-state index in [1.807, 2.05) is 0 Å². The SMILES string of the molecule is COCCOCCCOc1ccc(CBr)cc1C(F)(F)F. The van der Waals surface area contributed by atoms with Crippen LogP contribution in [-0.2, 0) is 21.0 Å². The van der Waals surface area contributed by atoms with Crippen molar-refractivity contribution in [2.75, 3.05) is 33.5 Å². The molecule has 0 aliphatic rings. The Labute approximate surface area is 130 Å². The first-order valence-electron chi connectivity index (χ1n) is 6.44. The van der Waals surface area contributed by atoms with Gasteiger partial charge in [0.05, 0.1) is 25.4 Å². The summed E-state index contributed by atoms with van der Waals surface area (Å²) >= 11 is 3.14. The largest absolute Gasteiger partial charge is 0.493 e. The molecule has 0 aromatic heterocycles. The summed E-state index contributed by atoms with van der Waals surface area (Å²) in [6.45, 7) is 1.55. The van der Waals surface area contributed by atoms with Crippen molar-refractivity contribution >= 4 is 15.9 Å². The van der Waals surface area contributed by atoms with Gasteiger partial charge in [-0.2, -0.15) is 13.2 Å². The topological polar surface area (TPSA) is 27.7 Å². The van der Waals surface area contributed by atoms with Crippen molar-refractivity contribution in [2.45, 2.75) is 17.9 Å². The van der Waals surface area contributed by atoms with E-state index in [1.165, 1.54) is 6.07 Å². The monoisotopic (exact) mass is 370 g/mol. The molecule has 0 N–H and O–H groups in total. The molecule has 0 saturated heterocycles. The molecule has 0 aliphatic carbocycles. The molecule has 1 rings (SSSR count). The minimum atomic E-state index is -4.43. The highest BCUT2D eigenvalue weighted by molar-refractivity contribution is 9.08. The predicted octanol–water partition coefficient (Wildman–Crippen LogP) is 4.03. The number of benzene rings is 1. The smallest absolute Gasteiger partial charge is 0.419 e. The third kappa shape index (κ3) is 6.67. The molecule has 1 aromatic rings. The number of hydrogen-bond donors (Lipinski definition) is 0. The molecule has 0 heterocycles. The predicted molar refractivity (Wildman–Crippen MR) is 76.9 cm³/mol. The minimum Gasteiger partial charge on any atom is -0.493 e. The second-order valence-corrected chi connectivity index (χ2v) is 4.83. The fourth-order valence-corrected chi connectivity index (χ4v) is 1.94. The molecule has 0 fully saturated rings. The van der Waals surface area contributed by atoms with Crippen LogP contribution >= 0.6 is 15.9 Å². The van der Waals surface area contributed by atoms with Gasteiger partial charge in [0.15, 0.2) is 0 Å². The van der Waals surface area contributed by atoms with E-state index in [2.05, 4.69) is 15.9 Å². The van der Waals surface area contributed by atoms with Crippen LogP contribution in [0.5, 0.6) is 5.75 Å². The van der Waals surface area contributed by atoms with Crippen LogP contribution in [0.25, 0.3) is 0 Å². The molecule has 0 spiro atoms. The molecule has 0 unspecified atom stereocenters.